The lowest BCUT2D eigenvalue weighted by Crippen LogP contribution is -2.17. The zero-order valence-electron chi connectivity index (χ0n) is 12.3. The van der Waals surface area contributed by atoms with E-state index in [1.807, 2.05) is 0 Å². The highest BCUT2D eigenvalue weighted by atomic mass is 35.5. The first-order valence-corrected chi connectivity index (χ1v) is 7.32. The molecule has 25 heavy (non-hydrogen) atoms. The van der Waals surface area contributed by atoms with Crippen LogP contribution in [0.2, 0.25) is 0 Å². The molecule has 2 rings (SSSR count). The molecule has 10 heteroatoms. The molecule has 0 aliphatic heterocycles. The number of rotatable bonds is 4. The maximum absolute atomic E-state index is 12.3. The summed E-state index contributed by atoms with van der Waals surface area (Å²) >= 11 is -0.240. The Morgan fingerprint density at radius 3 is 1.64 bits per heavy atom. The SMILES string of the molecule is Cl.N[C@@H](c1ccc(OC(F)(F)F)cc1)c1ccc(SC(F)(F)F)cc1. The van der Waals surface area contributed by atoms with Crippen molar-refractivity contribution in [3.63, 3.8) is 0 Å². The summed E-state index contributed by atoms with van der Waals surface area (Å²) in [5, 5.41) is 0. The Morgan fingerprint density at radius 1 is 0.800 bits per heavy atom. The first kappa shape index (κ1) is 21.5. The average molecular weight is 404 g/mol. The van der Waals surface area contributed by atoms with Gasteiger partial charge in [0.2, 0.25) is 0 Å². The average Bonchev–Trinajstić information content (AvgIpc) is 2.45. The highest BCUT2D eigenvalue weighted by Gasteiger charge is 2.31. The van der Waals surface area contributed by atoms with Gasteiger partial charge in [-0.2, -0.15) is 13.2 Å². The van der Waals surface area contributed by atoms with Crippen molar-refractivity contribution in [2.45, 2.75) is 22.8 Å². The van der Waals surface area contributed by atoms with Crippen molar-refractivity contribution in [2.75, 3.05) is 0 Å². The van der Waals surface area contributed by atoms with Crippen LogP contribution in [0.1, 0.15) is 17.2 Å². The summed E-state index contributed by atoms with van der Waals surface area (Å²) in [6, 6.07) is 9.75. The minimum atomic E-state index is -4.78. The van der Waals surface area contributed by atoms with E-state index < -0.39 is 17.9 Å². The molecule has 1 atom stereocenters. The Labute approximate surface area is 149 Å². The molecule has 0 fully saturated rings. The molecule has 0 aliphatic carbocycles. The van der Waals surface area contributed by atoms with Crippen LogP contribution < -0.4 is 10.5 Å². The van der Waals surface area contributed by atoms with Crippen LogP contribution >= 0.6 is 24.2 Å². The van der Waals surface area contributed by atoms with Crippen LogP contribution in [0.15, 0.2) is 53.4 Å². The summed E-state index contributed by atoms with van der Waals surface area (Å²) in [5.41, 5.74) is 2.64. The first-order chi connectivity index (χ1) is 11.0. The van der Waals surface area contributed by atoms with Crippen molar-refractivity contribution < 1.29 is 31.1 Å². The first-order valence-electron chi connectivity index (χ1n) is 6.50. The third kappa shape index (κ3) is 7.05. The Balaban J connectivity index is 0.00000312. The van der Waals surface area contributed by atoms with Crippen LogP contribution in [0.5, 0.6) is 5.75 Å². The van der Waals surface area contributed by atoms with Gasteiger partial charge in [-0.25, -0.2) is 0 Å². The van der Waals surface area contributed by atoms with Gasteiger partial charge in [0.05, 0.1) is 6.04 Å². The van der Waals surface area contributed by atoms with Gasteiger partial charge in [-0.05, 0) is 47.2 Å². The summed E-state index contributed by atoms with van der Waals surface area (Å²) in [6.45, 7) is 0. The molecule has 0 radical (unpaired) electrons. The summed E-state index contributed by atoms with van der Waals surface area (Å²) < 4.78 is 76.8. The molecule has 0 bridgehead atoms. The second-order valence-electron chi connectivity index (χ2n) is 4.71. The Bertz CT molecular complexity index is 613. The van der Waals surface area contributed by atoms with Gasteiger partial charge in [0, 0.05) is 4.90 Å². The van der Waals surface area contributed by atoms with Gasteiger partial charge in [0.25, 0.3) is 0 Å². The number of hydrogen-bond donors (Lipinski definition) is 1. The van der Waals surface area contributed by atoms with E-state index in [0.29, 0.717) is 11.1 Å². The Kier molecular flexibility index (Phi) is 7.04. The molecule has 0 spiro atoms. The van der Waals surface area contributed by atoms with Crippen LogP contribution in [0, 0.1) is 0 Å². The summed E-state index contributed by atoms with van der Waals surface area (Å²) in [5.74, 6) is -0.379. The molecular formula is C15H12ClF6NOS. The van der Waals surface area contributed by atoms with Gasteiger partial charge in [-0.1, -0.05) is 24.3 Å². The van der Waals surface area contributed by atoms with Crippen molar-refractivity contribution in [2.24, 2.45) is 5.73 Å². The normalized spacial score (nSPS) is 13.1. The smallest absolute Gasteiger partial charge is 0.406 e. The van der Waals surface area contributed by atoms with Crippen molar-refractivity contribution in [1.29, 1.82) is 0 Å². The Hall–Kier alpha value is -1.58. The van der Waals surface area contributed by atoms with E-state index in [0.717, 1.165) is 12.1 Å². The largest absolute Gasteiger partial charge is 0.573 e. The predicted octanol–water partition coefficient (Wildman–Crippen LogP) is 5.67. The van der Waals surface area contributed by atoms with Crippen LogP contribution in [0.4, 0.5) is 26.3 Å². The minimum Gasteiger partial charge on any atom is -0.406 e. The van der Waals surface area contributed by atoms with Crippen LogP contribution in [0.3, 0.4) is 0 Å². The molecule has 0 saturated heterocycles. The molecule has 0 heterocycles. The van der Waals surface area contributed by atoms with Crippen LogP contribution in [-0.2, 0) is 0 Å². The standard InChI is InChI=1S/C15H11F6NOS.ClH/c16-14(17,18)23-11-5-1-9(2-6-11)13(22)10-3-7-12(8-4-10)24-15(19,20)21;/h1-8,13H,22H2;1H/t13-;/m0./s1. The summed E-state index contributed by atoms with van der Waals surface area (Å²) in [7, 11) is 0. The molecule has 0 aromatic heterocycles. The van der Waals surface area contributed by atoms with Gasteiger partial charge in [0.1, 0.15) is 5.75 Å². The highest BCUT2D eigenvalue weighted by Crippen LogP contribution is 2.37. The molecule has 2 N–H and O–H groups in total. The van der Waals surface area contributed by atoms with E-state index in [9.17, 15) is 26.3 Å². The molecular weight excluding hydrogens is 392 g/mol. The molecule has 0 unspecified atom stereocenters. The van der Waals surface area contributed by atoms with Gasteiger partial charge in [0.15, 0.2) is 0 Å². The fourth-order valence-corrected chi connectivity index (χ4v) is 2.49. The molecule has 2 aromatic rings. The number of nitrogens with two attached hydrogens (primary N) is 1. The number of alkyl halides is 6. The van der Waals surface area contributed by atoms with E-state index in [2.05, 4.69) is 4.74 Å². The quantitative estimate of drug-likeness (QED) is 0.528. The third-order valence-corrected chi connectivity index (χ3v) is 3.68. The second kappa shape index (κ2) is 8.20. The van der Waals surface area contributed by atoms with Gasteiger partial charge < -0.3 is 10.5 Å². The molecule has 0 aliphatic rings. The maximum Gasteiger partial charge on any atom is 0.573 e. The predicted molar refractivity (Wildman–Crippen MR) is 84.8 cm³/mol. The van der Waals surface area contributed by atoms with E-state index >= 15 is 0 Å². The van der Waals surface area contributed by atoms with Gasteiger partial charge in [-0.15, -0.1) is 25.6 Å². The molecule has 0 saturated carbocycles. The zero-order chi connectivity index (χ0) is 18.0. The molecule has 138 valence electrons. The van der Waals surface area contributed by atoms with Gasteiger partial charge >= 0.3 is 11.9 Å². The van der Waals surface area contributed by atoms with Crippen molar-refractivity contribution in [3.05, 3.63) is 59.7 Å². The van der Waals surface area contributed by atoms with Crippen molar-refractivity contribution in [3.8, 4) is 5.75 Å². The monoisotopic (exact) mass is 403 g/mol. The lowest BCUT2D eigenvalue weighted by atomic mass is 10.00. The molecule has 2 nitrogen and oxygen atoms in total. The van der Waals surface area contributed by atoms with E-state index in [1.54, 1.807) is 0 Å². The van der Waals surface area contributed by atoms with Crippen molar-refractivity contribution >= 4 is 24.2 Å². The number of thioether (sulfide) groups is 1. The number of benzene rings is 2. The van der Waals surface area contributed by atoms with Crippen molar-refractivity contribution in [1.82, 2.24) is 0 Å². The fourth-order valence-electron chi connectivity index (χ4n) is 1.95. The lowest BCUT2D eigenvalue weighted by Gasteiger charge is -2.15. The molecule has 2 aromatic carbocycles. The zero-order valence-corrected chi connectivity index (χ0v) is 13.9. The highest BCUT2D eigenvalue weighted by molar-refractivity contribution is 8.00. The van der Waals surface area contributed by atoms with Crippen LogP contribution in [0.25, 0.3) is 0 Å². The Morgan fingerprint density at radius 2 is 1.24 bits per heavy atom. The minimum absolute atomic E-state index is 0. The fraction of sp³-hybridized carbons (Fsp3) is 0.200. The van der Waals surface area contributed by atoms with Gasteiger partial charge in [-0.3, -0.25) is 0 Å². The van der Waals surface area contributed by atoms with E-state index in [4.69, 9.17) is 5.73 Å². The number of ether oxygens (including phenoxy) is 1. The van der Waals surface area contributed by atoms with E-state index in [1.165, 1.54) is 36.4 Å². The van der Waals surface area contributed by atoms with E-state index in [-0.39, 0.29) is 34.8 Å². The summed E-state index contributed by atoms with van der Waals surface area (Å²) in [4.78, 5) is 0.0207. The number of halogens is 7. The van der Waals surface area contributed by atoms with Crippen LogP contribution in [-0.4, -0.2) is 11.9 Å². The lowest BCUT2D eigenvalue weighted by molar-refractivity contribution is -0.274. The second-order valence-corrected chi connectivity index (χ2v) is 5.85. The maximum atomic E-state index is 12.3. The number of hydrogen-bond acceptors (Lipinski definition) is 3. The third-order valence-electron chi connectivity index (χ3n) is 2.95. The molecule has 0 amide bonds. The topological polar surface area (TPSA) is 35.2 Å². The summed E-state index contributed by atoms with van der Waals surface area (Å²) in [6.07, 6.45) is -4.78.